The summed E-state index contributed by atoms with van der Waals surface area (Å²) in [7, 11) is 2.16. The Morgan fingerprint density at radius 3 is 2.60 bits per heavy atom. The van der Waals surface area contributed by atoms with Crippen molar-refractivity contribution >= 4 is 29.1 Å². The van der Waals surface area contributed by atoms with E-state index in [-0.39, 0.29) is 0 Å². The highest BCUT2D eigenvalue weighted by Crippen LogP contribution is 2.31. The van der Waals surface area contributed by atoms with Crippen molar-refractivity contribution in [2.24, 2.45) is 0 Å². The average molecular weight is 315 g/mol. The summed E-state index contributed by atoms with van der Waals surface area (Å²) < 4.78 is 0. The van der Waals surface area contributed by atoms with Crippen molar-refractivity contribution in [3.63, 3.8) is 0 Å². The highest BCUT2D eigenvalue weighted by molar-refractivity contribution is 7.98. The zero-order chi connectivity index (χ0) is 15.1. The molecular formula is C16H27ClN2S. The van der Waals surface area contributed by atoms with Crippen LogP contribution in [0.5, 0.6) is 0 Å². The molecule has 1 aromatic carbocycles. The minimum atomic E-state index is 0.473. The van der Waals surface area contributed by atoms with Gasteiger partial charge in [0.15, 0.2) is 0 Å². The van der Waals surface area contributed by atoms with E-state index >= 15 is 0 Å². The maximum atomic E-state index is 6.46. The Hall–Kier alpha value is -0.380. The standard InChI is InChI=1S/C16H27ClN2S/c1-6-14(11-20-5)19(4)16-13(10-18-12(2)3)8-7-9-15(16)17/h7-9,12,14,18H,6,10-11H2,1-5H3. The van der Waals surface area contributed by atoms with Gasteiger partial charge in [-0.25, -0.2) is 0 Å². The molecule has 0 amide bonds. The van der Waals surface area contributed by atoms with Crippen LogP contribution in [-0.2, 0) is 6.54 Å². The third-order valence-electron chi connectivity index (χ3n) is 3.50. The van der Waals surface area contributed by atoms with E-state index < -0.39 is 0 Å². The van der Waals surface area contributed by atoms with Gasteiger partial charge in [-0.15, -0.1) is 0 Å². The van der Waals surface area contributed by atoms with Crippen LogP contribution in [0.2, 0.25) is 5.02 Å². The summed E-state index contributed by atoms with van der Waals surface area (Å²) in [5.74, 6) is 1.12. The molecule has 2 nitrogen and oxygen atoms in total. The van der Waals surface area contributed by atoms with Crippen LogP contribution in [0.1, 0.15) is 32.8 Å². The summed E-state index contributed by atoms with van der Waals surface area (Å²) in [6.07, 6.45) is 3.28. The number of nitrogens with one attached hydrogen (secondary N) is 1. The largest absolute Gasteiger partial charge is 0.369 e. The Morgan fingerprint density at radius 2 is 2.05 bits per heavy atom. The van der Waals surface area contributed by atoms with Crippen LogP contribution in [0.4, 0.5) is 5.69 Å². The van der Waals surface area contributed by atoms with Gasteiger partial charge >= 0.3 is 0 Å². The summed E-state index contributed by atoms with van der Waals surface area (Å²) >= 11 is 8.35. The van der Waals surface area contributed by atoms with E-state index in [0.717, 1.165) is 23.7 Å². The molecule has 0 aliphatic rings. The minimum absolute atomic E-state index is 0.473. The molecule has 4 heteroatoms. The molecular weight excluding hydrogens is 288 g/mol. The van der Waals surface area contributed by atoms with Gasteiger partial charge in [-0.1, -0.05) is 44.5 Å². The molecule has 0 saturated heterocycles. The first-order valence-electron chi connectivity index (χ1n) is 7.23. The lowest BCUT2D eigenvalue weighted by molar-refractivity contribution is 0.586. The number of nitrogens with zero attached hydrogens (tertiary/aromatic N) is 1. The number of para-hydroxylation sites is 1. The van der Waals surface area contributed by atoms with Crippen LogP contribution in [0.15, 0.2) is 18.2 Å². The molecule has 20 heavy (non-hydrogen) atoms. The summed E-state index contributed by atoms with van der Waals surface area (Å²) in [4.78, 5) is 2.34. The van der Waals surface area contributed by atoms with Crippen LogP contribution < -0.4 is 10.2 Å². The number of rotatable bonds is 8. The van der Waals surface area contributed by atoms with E-state index in [1.54, 1.807) is 0 Å². The predicted octanol–water partition coefficient (Wildman–Crippen LogP) is 4.42. The third-order valence-corrected chi connectivity index (χ3v) is 4.52. The van der Waals surface area contributed by atoms with Crippen LogP contribution in [0.25, 0.3) is 0 Å². The Bertz CT molecular complexity index is 409. The quantitative estimate of drug-likeness (QED) is 0.765. The third kappa shape index (κ3) is 4.87. The van der Waals surface area contributed by atoms with Crippen molar-refractivity contribution in [3.05, 3.63) is 28.8 Å². The van der Waals surface area contributed by atoms with E-state index in [9.17, 15) is 0 Å². The van der Waals surface area contributed by atoms with E-state index in [0.29, 0.717) is 12.1 Å². The van der Waals surface area contributed by atoms with Crippen LogP contribution in [0, 0.1) is 0 Å². The number of halogens is 1. The Balaban J connectivity index is 3.01. The number of hydrogen-bond acceptors (Lipinski definition) is 3. The van der Waals surface area contributed by atoms with Crippen molar-refractivity contribution in [2.75, 3.05) is 24.0 Å². The van der Waals surface area contributed by atoms with Gasteiger partial charge in [0.05, 0.1) is 10.7 Å². The van der Waals surface area contributed by atoms with E-state index in [2.05, 4.69) is 50.4 Å². The average Bonchev–Trinajstić information content (AvgIpc) is 2.41. The maximum Gasteiger partial charge on any atom is 0.0642 e. The fraction of sp³-hybridized carbons (Fsp3) is 0.625. The molecule has 0 bridgehead atoms. The van der Waals surface area contributed by atoms with Crippen molar-refractivity contribution in [3.8, 4) is 0 Å². The second-order valence-electron chi connectivity index (χ2n) is 5.41. The Morgan fingerprint density at radius 1 is 1.35 bits per heavy atom. The lowest BCUT2D eigenvalue weighted by Gasteiger charge is -2.31. The van der Waals surface area contributed by atoms with Gasteiger partial charge in [-0.3, -0.25) is 0 Å². The maximum absolute atomic E-state index is 6.46. The molecule has 1 N–H and O–H groups in total. The molecule has 0 heterocycles. The van der Waals surface area contributed by atoms with Gasteiger partial charge in [0.25, 0.3) is 0 Å². The van der Waals surface area contributed by atoms with Crippen molar-refractivity contribution in [1.82, 2.24) is 5.32 Å². The van der Waals surface area contributed by atoms with Crippen molar-refractivity contribution in [2.45, 2.75) is 45.8 Å². The van der Waals surface area contributed by atoms with Gasteiger partial charge in [0.2, 0.25) is 0 Å². The molecule has 1 aromatic rings. The summed E-state index contributed by atoms with van der Waals surface area (Å²) in [5, 5.41) is 4.33. The van der Waals surface area contributed by atoms with E-state index in [4.69, 9.17) is 11.6 Å². The molecule has 0 aliphatic carbocycles. The molecule has 0 radical (unpaired) electrons. The highest BCUT2D eigenvalue weighted by Gasteiger charge is 2.18. The second kappa shape index (κ2) is 8.81. The molecule has 0 spiro atoms. The number of benzene rings is 1. The fourth-order valence-electron chi connectivity index (χ4n) is 2.29. The second-order valence-corrected chi connectivity index (χ2v) is 6.73. The number of anilines is 1. The van der Waals surface area contributed by atoms with E-state index in [1.807, 2.05) is 23.9 Å². The van der Waals surface area contributed by atoms with Crippen LogP contribution >= 0.6 is 23.4 Å². The molecule has 1 rings (SSSR count). The molecule has 1 unspecified atom stereocenters. The molecule has 1 atom stereocenters. The molecule has 0 saturated carbocycles. The molecule has 0 aromatic heterocycles. The SMILES string of the molecule is CCC(CSC)N(C)c1c(Cl)cccc1CNC(C)C. The van der Waals surface area contributed by atoms with Gasteiger partial charge in [-0.05, 0) is 24.3 Å². The van der Waals surface area contributed by atoms with Crippen molar-refractivity contribution in [1.29, 1.82) is 0 Å². The zero-order valence-electron chi connectivity index (χ0n) is 13.2. The summed E-state index contributed by atoms with van der Waals surface area (Å²) in [6.45, 7) is 7.42. The van der Waals surface area contributed by atoms with E-state index in [1.165, 1.54) is 11.3 Å². The fourth-order valence-corrected chi connectivity index (χ4v) is 3.46. The molecule has 0 fully saturated rings. The Kier molecular flexibility index (Phi) is 7.78. The van der Waals surface area contributed by atoms with Crippen LogP contribution in [0.3, 0.4) is 0 Å². The van der Waals surface area contributed by atoms with Gasteiger partial charge < -0.3 is 10.2 Å². The first kappa shape index (κ1) is 17.7. The number of thioether (sulfide) groups is 1. The topological polar surface area (TPSA) is 15.3 Å². The first-order valence-corrected chi connectivity index (χ1v) is 9.00. The zero-order valence-corrected chi connectivity index (χ0v) is 14.8. The highest BCUT2D eigenvalue weighted by atomic mass is 35.5. The lowest BCUT2D eigenvalue weighted by Crippen LogP contribution is -2.34. The van der Waals surface area contributed by atoms with Gasteiger partial charge in [-0.2, -0.15) is 11.8 Å². The Labute approximate surface area is 133 Å². The molecule has 114 valence electrons. The predicted molar refractivity (Wildman–Crippen MR) is 94.3 cm³/mol. The normalized spacial score (nSPS) is 12.8. The summed E-state index contributed by atoms with van der Waals surface area (Å²) in [6, 6.07) is 7.17. The van der Waals surface area contributed by atoms with Crippen molar-refractivity contribution < 1.29 is 0 Å². The number of hydrogen-bond donors (Lipinski definition) is 1. The first-order chi connectivity index (χ1) is 9.51. The summed E-state index contributed by atoms with van der Waals surface area (Å²) in [5.41, 5.74) is 2.44. The minimum Gasteiger partial charge on any atom is -0.369 e. The van der Waals surface area contributed by atoms with Crippen LogP contribution in [-0.4, -0.2) is 31.1 Å². The van der Waals surface area contributed by atoms with Gasteiger partial charge in [0.1, 0.15) is 0 Å². The molecule has 0 aliphatic heterocycles. The monoisotopic (exact) mass is 314 g/mol. The smallest absolute Gasteiger partial charge is 0.0642 e. The van der Waals surface area contributed by atoms with Gasteiger partial charge in [0, 0.05) is 31.4 Å². The lowest BCUT2D eigenvalue weighted by atomic mass is 10.1.